The largest absolute Gasteiger partial charge is 0.493 e. The van der Waals surface area contributed by atoms with Gasteiger partial charge in [-0.3, -0.25) is 0 Å². The molecule has 1 aromatic rings. The summed E-state index contributed by atoms with van der Waals surface area (Å²) < 4.78 is 10.3. The van der Waals surface area contributed by atoms with Crippen molar-refractivity contribution in [1.82, 2.24) is 0 Å². The second-order valence-electron chi connectivity index (χ2n) is 3.94. The summed E-state index contributed by atoms with van der Waals surface area (Å²) in [5, 5.41) is 0.478. The van der Waals surface area contributed by atoms with Gasteiger partial charge in [0.1, 0.15) is 6.29 Å². The zero-order chi connectivity index (χ0) is 11.8. The molecule has 86 valence electrons. The summed E-state index contributed by atoms with van der Waals surface area (Å²) in [6.45, 7) is 0. The van der Waals surface area contributed by atoms with Crippen LogP contribution in [-0.2, 0) is 10.2 Å². The van der Waals surface area contributed by atoms with E-state index >= 15 is 0 Å². The molecule has 16 heavy (non-hydrogen) atoms. The number of benzene rings is 1. The fourth-order valence-electron chi connectivity index (χ4n) is 1.86. The second-order valence-corrected chi connectivity index (χ2v) is 4.31. The second kappa shape index (κ2) is 3.98. The van der Waals surface area contributed by atoms with Gasteiger partial charge >= 0.3 is 0 Å². The van der Waals surface area contributed by atoms with Gasteiger partial charge < -0.3 is 14.3 Å². The zero-order valence-corrected chi connectivity index (χ0v) is 10.0. The van der Waals surface area contributed by atoms with E-state index in [2.05, 4.69) is 0 Å². The van der Waals surface area contributed by atoms with E-state index in [1.54, 1.807) is 13.2 Å². The van der Waals surface area contributed by atoms with Gasteiger partial charge in [-0.25, -0.2) is 0 Å². The first-order valence-electron chi connectivity index (χ1n) is 5.06. The lowest BCUT2D eigenvalue weighted by Crippen LogP contribution is -2.09. The number of carbonyl (C=O) groups excluding carboxylic acids is 1. The Morgan fingerprint density at radius 2 is 2.00 bits per heavy atom. The molecule has 0 heterocycles. The van der Waals surface area contributed by atoms with Gasteiger partial charge in [0.15, 0.2) is 11.5 Å². The summed E-state index contributed by atoms with van der Waals surface area (Å²) in [5.74, 6) is 1.08. The van der Waals surface area contributed by atoms with Gasteiger partial charge in [0.05, 0.1) is 24.7 Å². The maximum absolute atomic E-state index is 11.1. The van der Waals surface area contributed by atoms with E-state index < -0.39 is 5.41 Å². The van der Waals surface area contributed by atoms with Crippen molar-refractivity contribution in [2.75, 3.05) is 14.2 Å². The van der Waals surface area contributed by atoms with E-state index in [1.165, 1.54) is 7.11 Å². The molecular weight excluding hydrogens is 228 g/mol. The van der Waals surface area contributed by atoms with Crippen LogP contribution in [0.15, 0.2) is 12.1 Å². The number of methoxy groups -OCH3 is 2. The predicted octanol–water partition coefficient (Wildman–Crippen LogP) is 2.59. The summed E-state index contributed by atoms with van der Waals surface area (Å²) in [6, 6.07) is 3.62. The topological polar surface area (TPSA) is 35.5 Å². The van der Waals surface area contributed by atoms with Crippen molar-refractivity contribution < 1.29 is 14.3 Å². The molecule has 0 saturated heterocycles. The summed E-state index contributed by atoms with van der Waals surface area (Å²) in [5.41, 5.74) is 0.443. The van der Waals surface area contributed by atoms with Crippen LogP contribution in [0.3, 0.4) is 0 Å². The van der Waals surface area contributed by atoms with Crippen molar-refractivity contribution in [1.29, 1.82) is 0 Å². The Hall–Kier alpha value is -1.22. The molecule has 0 bridgehead atoms. The molecule has 4 heteroatoms. The first-order valence-corrected chi connectivity index (χ1v) is 5.43. The molecule has 1 aromatic carbocycles. The quantitative estimate of drug-likeness (QED) is 0.759. The normalized spacial score (nSPS) is 16.7. The molecule has 0 spiro atoms. The lowest BCUT2D eigenvalue weighted by Gasteiger charge is -2.15. The molecule has 1 aliphatic carbocycles. The highest BCUT2D eigenvalue weighted by Gasteiger charge is 2.46. The van der Waals surface area contributed by atoms with E-state index in [0.29, 0.717) is 16.5 Å². The van der Waals surface area contributed by atoms with Crippen LogP contribution < -0.4 is 9.47 Å². The van der Waals surface area contributed by atoms with Crippen molar-refractivity contribution in [3.8, 4) is 11.5 Å². The Balaban J connectivity index is 2.53. The third-order valence-corrected chi connectivity index (χ3v) is 3.41. The van der Waals surface area contributed by atoms with Gasteiger partial charge in [0.2, 0.25) is 0 Å². The van der Waals surface area contributed by atoms with Gasteiger partial charge in [-0.1, -0.05) is 17.7 Å². The van der Waals surface area contributed by atoms with Crippen molar-refractivity contribution in [2.45, 2.75) is 18.3 Å². The molecular formula is C12H13ClO3. The number of rotatable bonds is 4. The highest BCUT2D eigenvalue weighted by molar-refractivity contribution is 6.33. The number of hydrogen-bond donors (Lipinski definition) is 0. The average molecular weight is 241 g/mol. The Kier molecular flexibility index (Phi) is 2.80. The standard InChI is InChI=1S/C12H13ClO3/c1-15-9-4-3-8(10(13)11(9)16-2)12(7-14)5-6-12/h3-4,7H,5-6H2,1-2H3. The van der Waals surface area contributed by atoms with Crippen LogP contribution in [0, 0.1) is 0 Å². The van der Waals surface area contributed by atoms with Crippen LogP contribution in [-0.4, -0.2) is 20.5 Å². The highest BCUT2D eigenvalue weighted by atomic mass is 35.5. The minimum absolute atomic E-state index is 0.392. The van der Waals surface area contributed by atoms with Crippen molar-refractivity contribution in [2.24, 2.45) is 0 Å². The Morgan fingerprint density at radius 3 is 2.44 bits per heavy atom. The number of halogens is 1. The molecule has 0 unspecified atom stereocenters. The first kappa shape index (κ1) is 11.3. The minimum Gasteiger partial charge on any atom is -0.493 e. The van der Waals surface area contributed by atoms with E-state index in [4.69, 9.17) is 21.1 Å². The highest BCUT2D eigenvalue weighted by Crippen LogP contribution is 2.52. The smallest absolute Gasteiger partial charge is 0.179 e. The predicted molar refractivity (Wildman–Crippen MR) is 61.5 cm³/mol. The summed E-state index contributed by atoms with van der Waals surface area (Å²) in [6.07, 6.45) is 2.68. The van der Waals surface area contributed by atoms with Crippen LogP contribution >= 0.6 is 11.6 Å². The number of ether oxygens (including phenoxy) is 2. The molecule has 0 aromatic heterocycles. The van der Waals surface area contributed by atoms with E-state index in [0.717, 1.165) is 24.7 Å². The van der Waals surface area contributed by atoms with Crippen molar-refractivity contribution in [3.63, 3.8) is 0 Å². The summed E-state index contributed by atoms with van der Waals surface area (Å²) >= 11 is 6.23. The summed E-state index contributed by atoms with van der Waals surface area (Å²) in [4.78, 5) is 11.1. The molecule has 0 atom stereocenters. The van der Waals surface area contributed by atoms with E-state index in [9.17, 15) is 4.79 Å². The van der Waals surface area contributed by atoms with Crippen LogP contribution in [0.4, 0.5) is 0 Å². The number of aldehydes is 1. The molecule has 0 radical (unpaired) electrons. The van der Waals surface area contributed by atoms with Gasteiger partial charge in [0.25, 0.3) is 0 Å². The molecule has 1 saturated carbocycles. The lowest BCUT2D eigenvalue weighted by atomic mass is 9.97. The number of hydrogen-bond acceptors (Lipinski definition) is 3. The monoisotopic (exact) mass is 240 g/mol. The third kappa shape index (κ3) is 1.55. The molecule has 1 aliphatic rings. The zero-order valence-electron chi connectivity index (χ0n) is 9.25. The average Bonchev–Trinajstić information content (AvgIpc) is 3.09. The van der Waals surface area contributed by atoms with Gasteiger partial charge in [-0.2, -0.15) is 0 Å². The fraction of sp³-hybridized carbons (Fsp3) is 0.417. The molecule has 3 nitrogen and oxygen atoms in total. The van der Waals surface area contributed by atoms with Gasteiger partial charge in [-0.15, -0.1) is 0 Å². The van der Waals surface area contributed by atoms with Crippen LogP contribution in [0.2, 0.25) is 5.02 Å². The lowest BCUT2D eigenvalue weighted by molar-refractivity contribution is -0.109. The molecule has 0 aliphatic heterocycles. The van der Waals surface area contributed by atoms with Gasteiger partial charge in [0, 0.05) is 0 Å². The maximum Gasteiger partial charge on any atom is 0.179 e. The number of carbonyl (C=O) groups is 1. The van der Waals surface area contributed by atoms with E-state index in [1.807, 2.05) is 6.07 Å². The first-order chi connectivity index (χ1) is 7.68. The molecule has 0 amide bonds. The van der Waals surface area contributed by atoms with E-state index in [-0.39, 0.29) is 0 Å². The maximum atomic E-state index is 11.1. The van der Waals surface area contributed by atoms with Crippen molar-refractivity contribution >= 4 is 17.9 Å². The SMILES string of the molecule is COc1ccc(C2(C=O)CC2)c(Cl)c1OC. The van der Waals surface area contributed by atoms with Crippen LogP contribution in [0.5, 0.6) is 11.5 Å². The molecule has 2 rings (SSSR count). The third-order valence-electron chi connectivity index (χ3n) is 3.04. The molecule has 0 N–H and O–H groups in total. The van der Waals surface area contributed by atoms with Gasteiger partial charge in [-0.05, 0) is 24.5 Å². The summed E-state index contributed by atoms with van der Waals surface area (Å²) in [7, 11) is 3.09. The Labute approximate surface area is 99.3 Å². The van der Waals surface area contributed by atoms with Crippen LogP contribution in [0.1, 0.15) is 18.4 Å². The van der Waals surface area contributed by atoms with Crippen molar-refractivity contribution in [3.05, 3.63) is 22.7 Å². The minimum atomic E-state index is -0.392. The Morgan fingerprint density at radius 1 is 1.31 bits per heavy atom. The Bertz CT molecular complexity index is 425. The fourth-order valence-corrected chi connectivity index (χ4v) is 2.28. The van der Waals surface area contributed by atoms with Crippen LogP contribution in [0.25, 0.3) is 0 Å². The molecule has 1 fully saturated rings.